The molecule has 6 nitrogen and oxygen atoms in total. The van der Waals surface area contributed by atoms with E-state index in [0.717, 1.165) is 5.56 Å². The minimum Gasteiger partial charge on any atom is -0.497 e. The van der Waals surface area contributed by atoms with Crippen molar-refractivity contribution in [2.24, 2.45) is 0 Å². The Bertz CT molecular complexity index is 899. The highest BCUT2D eigenvalue weighted by atomic mass is 16.5. The van der Waals surface area contributed by atoms with Crippen molar-refractivity contribution in [3.8, 4) is 5.75 Å². The van der Waals surface area contributed by atoms with E-state index < -0.39 is 5.97 Å². The maximum atomic E-state index is 12.6. The van der Waals surface area contributed by atoms with Gasteiger partial charge in [0.15, 0.2) is 0 Å². The van der Waals surface area contributed by atoms with Gasteiger partial charge in [0.2, 0.25) is 0 Å². The minimum absolute atomic E-state index is 0.184. The normalized spacial score (nSPS) is 13.2. The molecule has 6 heteroatoms. The van der Waals surface area contributed by atoms with Crippen molar-refractivity contribution < 1.29 is 23.9 Å². The summed E-state index contributed by atoms with van der Waals surface area (Å²) in [6.07, 6.45) is 2.80. The Kier molecular flexibility index (Phi) is 4.84. The molecule has 1 aliphatic rings. The lowest BCUT2D eigenvalue weighted by atomic mass is 10.1. The first kappa shape index (κ1) is 17.4. The zero-order valence-corrected chi connectivity index (χ0v) is 14.4. The molecular formula is C20H17NO5. The molecule has 2 aromatic carbocycles. The van der Waals surface area contributed by atoms with Crippen LogP contribution < -0.4 is 4.74 Å². The summed E-state index contributed by atoms with van der Waals surface area (Å²) in [7, 11) is 2.86. The third-order valence-corrected chi connectivity index (χ3v) is 4.11. The van der Waals surface area contributed by atoms with Crippen molar-refractivity contribution in [1.29, 1.82) is 0 Å². The van der Waals surface area contributed by atoms with Gasteiger partial charge < -0.3 is 9.47 Å². The van der Waals surface area contributed by atoms with Crippen molar-refractivity contribution in [1.82, 2.24) is 4.90 Å². The van der Waals surface area contributed by atoms with Crippen LogP contribution >= 0.6 is 0 Å². The quantitative estimate of drug-likeness (QED) is 0.470. The molecule has 0 aliphatic carbocycles. The standard InChI is InChI=1S/C20H17NO5/c1-25-15-7-3-14(4-8-15)12-21-19(23)16-9-5-13(6-10-18(22)26-2)11-17(16)20(21)24/h3-11H,12H2,1-2H3/b10-6+. The van der Waals surface area contributed by atoms with Crippen LogP contribution in [0.3, 0.4) is 0 Å². The highest BCUT2D eigenvalue weighted by molar-refractivity contribution is 6.21. The number of carbonyl (C=O) groups is 3. The highest BCUT2D eigenvalue weighted by Gasteiger charge is 2.35. The Labute approximate surface area is 150 Å². The van der Waals surface area contributed by atoms with E-state index in [9.17, 15) is 14.4 Å². The first-order valence-electron chi connectivity index (χ1n) is 7.92. The van der Waals surface area contributed by atoms with Crippen LogP contribution in [0.2, 0.25) is 0 Å². The second-order valence-electron chi connectivity index (χ2n) is 5.71. The van der Waals surface area contributed by atoms with Crippen LogP contribution in [0.1, 0.15) is 31.8 Å². The van der Waals surface area contributed by atoms with Crippen LogP contribution in [0, 0.1) is 0 Å². The van der Waals surface area contributed by atoms with E-state index in [1.807, 2.05) is 12.1 Å². The van der Waals surface area contributed by atoms with Gasteiger partial charge in [-0.1, -0.05) is 18.2 Å². The number of amides is 2. The number of ether oxygens (including phenoxy) is 2. The van der Waals surface area contributed by atoms with Gasteiger partial charge in [-0.25, -0.2) is 4.79 Å². The molecule has 0 bridgehead atoms. The number of nitrogens with zero attached hydrogens (tertiary/aromatic N) is 1. The molecule has 26 heavy (non-hydrogen) atoms. The van der Waals surface area contributed by atoms with Gasteiger partial charge in [0.05, 0.1) is 31.9 Å². The fourth-order valence-electron chi connectivity index (χ4n) is 2.70. The van der Waals surface area contributed by atoms with E-state index in [1.54, 1.807) is 37.4 Å². The molecule has 0 saturated heterocycles. The number of carbonyl (C=O) groups excluding carboxylic acids is 3. The van der Waals surface area contributed by atoms with Crippen molar-refractivity contribution in [3.63, 3.8) is 0 Å². The molecule has 132 valence electrons. The first-order chi connectivity index (χ1) is 12.5. The smallest absolute Gasteiger partial charge is 0.330 e. The summed E-state index contributed by atoms with van der Waals surface area (Å²) >= 11 is 0. The lowest BCUT2D eigenvalue weighted by Gasteiger charge is -2.14. The van der Waals surface area contributed by atoms with E-state index in [0.29, 0.717) is 22.4 Å². The zero-order valence-electron chi connectivity index (χ0n) is 14.4. The van der Waals surface area contributed by atoms with E-state index >= 15 is 0 Å². The van der Waals surface area contributed by atoms with Gasteiger partial charge in [-0.15, -0.1) is 0 Å². The Balaban J connectivity index is 1.82. The SMILES string of the molecule is COC(=O)/C=C/c1ccc2c(c1)C(=O)N(Cc1ccc(OC)cc1)C2=O. The van der Waals surface area contributed by atoms with Gasteiger partial charge in [-0.05, 0) is 41.5 Å². The number of fused-ring (bicyclic) bond motifs is 1. The largest absolute Gasteiger partial charge is 0.497 e. The summed E-state index contributed by atoms with van der Waals surface area (Å²) in [5.41, 5.74) is 2.15. The van der Waals surface area contributed by atoms with Crippen LogP contribution in [0.25, 0.3) is 6.08 Å². The molecular weight excluding hydrogens is 334 g/mol. The van der Waals surface area contributed by atoms with E-state index in [2.05, 4.69) is 4.74 Å². The van der Waals surface area contributed by atoms with E-state index in [-0.39, 0.29) is 18.4 Å². The molecule has 0 atom stereocenters. The number of benzene rings is 2. The molecule has 2 amide bonds. The van der Waals surface area contributed by atoms with Gasteiger partial charge >= 0.3 is 5.97 Å². The topological polar surface area (TPSA) is 72.9 Å². The summed E-state index contributed by atoms with van der Waals surface area (Å²) < 4.78 is 9.65. The van der Waals surface area contributed by atoms with Crippen LogP contribution in [0.4, 0.5) is 0 Å². The van der Waals surface area contributed by atoms with Crippen LogP contribution in [0.5, 0.6) is 5.75 Å². The number of imide groups is 1. The predicted octanol–water partition coefficient (Wildman–Crippen LogP) is 2.68. The Morgan fingerprint density at radius 2 is 1.69 bits per heavy atom. The highest BCUT2D eigenvalue weighted by Crippen LogP contribution is 2.26. The molecule has 1 aliphatic heterocycles. The molecule has 0 saturated carbocycles. The second-order valence-corrected chi connectivity index (χ2v) is 5.71. The predicted molar refractivity (Wildman–Crippen MR) is 94.7 cm³/mol. The third kappa shape index (κ3) is 3.35. The van der Waals surface area contributed by atoms with Crippen LogP contribution in [-0.2, 0) is 16.1 Å². The second kappa shape index (κ2) is 7.23. The Morgan fingerprint density at radius 3 is 2.35 bits per heavy atom. The molecule has 0 radical (unpaired) electrons. The monoisotopic (exact) mass is 351 g/mol. The summed E-state index contributed by atoms with van der Waals surface area (Å²) in [5, 5.41) is 0. The van der Waals surface area contributed by atoms with Gasteiger partial charge in [-0.3, -0.25) is 14.5 Å². The number of methoxy groups -OCH3 is 2. The summed E-state index contributed by atoms with van der Waals surface area (Å²) in [4.78, 5) is 37.6. The maximum Gasteiger partial charge on any atom is 0.330 e. The van der Waals surface area contributed by atoms with Gasteiger partial charge in [0.25, 0.3) is 11.8 Å². The molecule has 2 aromatic rings. The summed E-state index contributed by atoms with van der Waals surface area (Å²) in [6, 6.07) is 12.1. The van der Waals surface area contributed by atoms with E-state index in [1.165, 1.54) is 24.2 Å². The fraction of sp³-hybridized carbons (Fsp3) is 0.150. The van der Waals surface area contributed by atoms with Crippen molar-refractivity contribution in [3.05, 3.63) is 70.8 Å². The van der Waals surface area contributed by atoms with Gasteiger partial charge in [-0.2, -0.15) is 0 Å². The number of hydrogen-bond acceptors (Lipinski definition) is 5. The maximum absolute atomic E-state index is 12.6. The summed E-state index contributed by atoms with van der Waals surface area (Å²) in [6.45, 7) is 0.184. The van der Waals surface area contributed by atoms with Crippen LogP contribution in [0.15, 0.2) is 48.5 Å². The number of esters is 1. The molecule has 1 heterocycles. The first-order valence-corrected chi connectivity index (χ1v) is 7.92. The average molecular weight is 351 g/mol. The molecule has 0 aromatic heterocycles. The fourth-order valence-corrected chi connectivity index (χ4v) is 2.70. The minimum atomic E-state index is -0.492. The lowest BCUT2D eigenvalue weighted by Crippen LogP contribution is -2.29. The third-order valence-electron chi connectivity index (χ3n) is 4.11. The Morgan fingerprint density at radius 1 is 1.00 bits per heavy atom. The van der Waals surface area contributed by atoms with Gasteiger partial charge in [0.1, 0.15) is 5.75 Å². The van der Waals surface area contributed by atoms with E-state index in [4.69, 9.17) is 4.74 Å². The summed E-state index contributed by atoms with van der Waals surface area (Å²) in [5.74, 6) is -0.467. The number of hydrogen-bond donors (Lipinski definition) is 0. The Hall–Kier alpha value is -3.41. The molecule has 0 unspecified atom stereocenters. The zero-order chi connectivity index (χ0) is 18.7. The molecule has 0 fully saturated rings. The van der Waals surface area contributed by atoms with Gasteiger partial charge in [0, 0.05) is 6.08 Å². The molecule has 3 rings (SSSR count). The molecule has 0 spiro atoms. The number of rotatable bonds is 5. The van der Waals surface area contributed by atoms with Crippen molar-refractivity contribution in [2.45, 2.75) is 6.54 Å². The van der Waals surface area contributed by atoms with Crippen LogP contribution in [-0.4, -0.2) is 36.9 Å². The van der Waals surface area contributed by atoms with Crippen molar-refractivity contribution in [2.75, 3.05) is 14.2 Å². The van der Waals surface area contributed by atoms with Crippen molar-refractivity contribution >= 4 is 23.9 Å². The lowest BCUT2D eigenvalue weighted by molar-refractivity contribution is -0.134. The average Bonchev–Trinajstić information content (AvgIpc) is 2.91. The molecule has 0 N–H and O–H groups in total.